The van der Waals surface area contributed by atoms with Crippen LogP contribution in [0.2, 0.25) is 0 Å². The van der Waals surface area contributed by atoms with Crippen molar-refractivity contribution in [2.75, 3.05) is 11.6 Å². The van der Waals surface area contributed by atoms with Gasteiger partial charge in [0.25, 0.3) is 0 Å². The lowest BCUT2D eigenvalue weighted by Gasteiger charge is -2.01. The molecule has 0 amide bonds. The van der Waals surface area contributed by atoms with Gasteiger partial charge in [0, 0.05) is 24.4 Å². The Bertz CT molecular complexity index is 288. The molecule has 0 aromatic carbocycles. The Morgan fingerprint density at radius 1 is 1.62 bits per heavy atom. The lowest BCUT2D eigenvalue weighted by atomic mass is 10.4. The number of nitrogens with zero attached hydrogens (tertiary/aromatic N) is 2. The second-order valence-electron chi connectivity index (χ2n) is 2.71. The number of halogens is 2. The molecule has 1 heterocycles. The molecule has 0 aliphatic heterocycles. The number of rotatable bonds is 4. The Balaban J connectivity index is 2.64. The van der Waals surface area contributed by atoms with Crippen LogP contribution in [0.15, 0.2) is 4.47 Å². The molecule has 1 aromatic rings. The third kappa shape index (κ3) is 2.89. The van der Waals surface area contributed by atoms with E-state index in [1.165, 1.54) is 5.69 Å². The van der Waals surface area contributed by atoms with Gasteiger partial charge in [-0.3, -0.25) is 4.68 Å². The average molecular weight is 284 g/mol. The average Bonchev–Trinajstić information content (AvgIpc) is 2.32. The predicted octanol–water partition coefficient (Wildman–Crippen LogP) is 2.96. The number of hydrogen-bond donors (Lipinski definition) is 0. The van der Waals surface area contributed by atoms with E-state index in [4.69, 9.17) is 11.6 Å². The summed E-state index contributed by atoms with van der Waals surface area (Å²) in [7, 11) is 1.97. The van der Waals surface area contributed by atoms with Crippen LogP contribution < -0.4 is 0 Å². The Hall–Kier alpha value is 0.330. The third-order valence-electron chi connectivity index (χ3n) is 1.72. The minimum atomic E-state index is 0.707. The van der Waals surface area contributed by atoms with Crippen LogP contribution in [0.5, 0.6) is 0 Å². The van der Waals surface area contributed by atoms with Crippen molar-refractivity contribution in [1.29, 1.82) is 0 Å². The molecular weight excluding hydrogens is 272 g/mol. The molecule has 1 aromatic heterocycles. The Kier molecular flexibility index (Phi) is 4.62. The Morgan fingerprint density at radius 2 is 2.31 bits per heavy atom. The van der Waals surface area contributed by atoms with E-state index in [1.807, 2.05) is 30.4 Å². The van der Waals surface area contributed by atoms with E-state index >= 15 is 0 Å². The highest BCUT2D eigenvalue weighted by molar-refractivity contribution is 9.10. The van der Waals surface area contributed by atoms with E-state index < -0.39 is 0 Å². The van der Waals surface area contributed by atoms with Crippen molar-refractivity contribution in [3.63, 3.8) is 0 Å². The molecule has 0 atom stereocenters. The van der Waals surface area contributed by atoms with E-state index in [-0.39, 0.29) is 0 Å². The molecule has 0 bridgehead atoms. The number of aromatic nitrogens is 2. The molecule has 0 spiro atoms. The summed E-state index contributed by atoms with van der Waals surface area (Å²) in [6, 6.07) is 0. The predicted molar refractivity (Wildman–Crippen MR) is 62.5 cm³/mol. The van der Waals surface area contributed by atoms with E-state index in [9.17, 15) is 0 Å². The minimum Gasteiger partial charge on any atom is -0.270 e. The van der Waals surface area contributed by atoms with Gasteiger partial charge in [0.1, 0.15) is 0 Å². The lowest BCUT2D eigenvalue weighted by molar-refractivity contribution is 0.727. The van der Waals surface area contributed by atoms with Gasteiger partial charge >= 0.3 is 0 Å². The maximum atomic E-state index is 5.60. The smallest absolute Gasteiger partial charge is 0.0738 e. The third-order valence-corrected chi connectivity index (χ3v) is 4.14. The first-order valence-corrected chi connectivity index (χ1v) is 6.46. The van der Waals surface area contributed by atoms with Crippen LogP contribution in [-0.4, -0.2) is 21.4 Å². The largest absolute Gasteiger partial charge is 0.270 e. The maximum Gasteiger partial charge on any atom is 0.0738 e. The van der Waals surface area contributed by atoms with Crippen LogP contribution in [0.1, 0.15) is 11.4 Å². The van der Waals surface area contributed by atoms with Gasteiger partial charge in [-0.05, 0) is 22.9 Å². The highest BCUT2D eigenvalue weighted by Gasteiger charge is 2.09. The number of thioether (sulfide) groups is 1. The van der Waals surface area contributed by atoms with Crippen LogP contribution in [0, 0.1) is 6.92 Å². The molecule has 0 unspecified atom stereocenters. The molecule has 2 nitrogen and oxygen atoms in total. The molecule has 13 heavy (non-hydrogen) atoms. The van der Waals surface area contributed by atoms with Crippen molar-refractivity contribution < 1.29 is 0 Å². The first-order valence-electron chi connectivity index (χ1n) is 3.98. The molecule has 74 valence electrons. The molecule has 0 saturated carbocycles. The van der Waals surface area contributed by atoms with Gasteiger partial charge in [-0.2, -0.15) is 16.9 Å². The van der Waals surface area contributed by atoms with Crippen molar-refractivity contribution in [2.24, 2.45) is 7.05 Å². The van der Waals surface area contributed by atoms with Gasteiger partial charge in [-0.25, -0.2) is 0 Å². The lowest BCUT2D eigenvalue weighted by Crippen LogP contribution is -1.97. The Labute approximate surface area is 96.2 Å². The molecule has 0 fully saturated rings. The van der Waals surface area contributed by atoms with E-state index in [0.29, 0.717) is 5.88 Å². The van der Waals surface area contributed by atoms with E-state index in [2.05, 4.69) is 21.0 Å². The fraction of sp³-hybridized carbons (Fsp3) is 0.625. The standard InChI is InChI=1S/C8H12BrClN2S/c1-6-8(9)7(12(2)11-6)5-13-4-3-10/h3-5H2,1-2H3. The van der Waals surface area contributed by atoms with Gasteiger partial charge < -0.3 is 0 Å². The SMILES string of the molecule is Cc1nn(C)c(CSCCCl)c1Br. The second-order valence-corrected chi connectivity index (χ2v) is 4.99. The minimum absolute atomic E-state index is 0.707. The summed E-state index contributed by atoms with van der Waals surface area (Å²) in [5, 5.41) is 4.31. The summed E-state index contributed by atoms with van der Waals surface area (Å²) >= 11 is 10.9. The van der Waals surface area contributed by atoms with Crippen LogP contribution in [0.3, 0.4) is 0 Å². The van der Waals surface area contributed by atoms with Gasteiger partial charge in [0.15, 0.2) is 0 Å². The summed E-state index contributed by atoms with van der Waals surface area (Å²) in [6.07, 6.45) is 0. The summed E-state index contributed by atoms with van der Waals surface area (Å²) < 4.78 is 3.04. The molecule has 0 N–H and O–H groups in total. The molecular formula is C8H12BrClN2S. The van der Waals surface area contributed by atoms with Gasteiger partial charge in [-0.1, -0.05) is 0 Å². The second kappa shape index (κ2) is 5.27. The molecule has 0 saturated heterocycles. The Morgan fingerprint density at radius 3 is 2.77 bits per heavy atom. The van der Waals surface area contributed by atoms with Crippen LogP contribution in [0.25, 0.3) is 0 Å². The highest BCUT2D eigenvalue weighted by atomic mass is 79.9. The number of hydrogen-bond acceptors (Lipinski definition) is 2. The summed E-state index contributed by atoms with van der Waals surface area (Å²) in [4.78, 5) is 0. The van der Waals surface area contributed by atoms with Gasteiger partial charge in [0.05, 0.1) is 15.9 Å². The zero-order chi connectivity index (χ0) is 9.84. The fourth-order valence-corrected chi connectivity index (χ4v) is 2.83. The molecule has 1 rings (SSSR count). The summed E-state index contributed by atoms with van der Waals surface area (Å²) in [6.45, 7) is 2.00. The first kappa shape index (κ1) is 11.4. The van der Waals surface area contributed by atoms with Crippen LogP contribution in [-0.2, 0) is 12.8 Å². The van der Waals surface area contributed by atoms with Crippen molar-refractivity contribution in [2.45, 2.75) is 12.7 Å². The first-order chi connectivity index (χ1) is 6.16. The van der Waals surface area contributed by atoms with Crippen LogP contribution >= 0.6 is 39.3 Å². The zero-order valence-corrected chi connectivity index (χ0v) is 10.8. The van der Waals surface area contributed by atoms with Gasteiger partial charge in [-0.15, -0.1) is 11.6 Å². The summed E-state index contributed by atoms with van der Waals surface area (Å²) in [5.74, 6) is 2.65. The maximum absolute atomic E-state index is 5.60. The molecule has 0 aliphatic carbocycles. The molecule has 0 radical (unpaired) electrons. The zero-order valence-electron chi connectivity index (χ0n) is 7.68. The van der Waals surface area contributed by atoms with Crippen molar-refractivity contribution in [3.05, 3.63) is 15.9 Å². The quantitative estimate of drug-likeness (QED) is 0.624. The van der Waals surface area contributed by atoms with Crippen LogP contribution in [0.4, 0.5) is 0 Å². The highest BCUT2D eigenvalue weighted by Crippen LogP contribution is 2.24. The van der Waals surface area contributed by atoms with Crippen molar-refractivity contribution in [1.82, 2.24) is 9.78 Å². The number of aryl methyl sites for hydroxylation is 2. The topological polar surface area (TPSA) is 17.8 Å². The van der Waals surface area contributed by atoms with E-state index in [0.717, 1.165) is 21.7 Å². The molecule has 5 heteroatoms. The fourth-order valence-electron chi connectivity index (χ4n) is 1.06. The van der Waals surface area contributed by atoms with E-state index in [1.54, 1.807) is 0 Å². The van der Waals surface area contributed by atoms with Gasteiger partial charge in [0.2, 0.25) is 0 Å². The number of alkyl halides is 1. The molecule has 0 aliphatic rings. The summed E-state index contributed by atoms with van der Waals surface area (Å²) in [5.41, 5.74) is 2.27. The monoisotopic (exact) mass is 282 g/mol. The van der Waals surface area contributed by atoms with Crippen molar-refractivity contribution >= 4 is 39.3 Å². The normalized spacial score (nSPS) is 10.8. The van der Waals surface area contributed by atoms with Crippen molar-refractivity contribution in [3.8, 4) is 0 Å².